The molecule has 0 aromatic heterocycles. The first-order valence-corrected chi connectivity index (χ1v) is 6.14. The highest BCUT2D eigenvalue weighted by Gasteiger charge is 2.23. The first-order chi connectivity index (χ1) is 7.26. The van der Waals surface area contributed by atoms with Crippen LogP contribution >= 0.6 is 0 Å². The van der Waals surface area contributed by atoms with Gasteiger partial charge in [0.15, 0.2) is 0 Å². The van der Waals surface area contributed by atoms with Crippen LogP contribution in [-0.2, 0) is 4.74 Å². The molecule has 1 aliphatic carbocycles. The standard InChI is InChI=1S/C12H23NO2/c1-3-4-6-10-7-5-8-11(9-10)15-12(14)13-2/h10-11H,3-9H2,1-2H3,(H,13,14)/t10-,11?/m0/s1. The van der Waals surface area contributed by atoms with E-state index in [0.29, 0.717) is 0 Å². The van der Waals surface area contributed by atoms with Crippen LogP contribution in [0.1, 0.15) is 51.9 Å². The molecule has 0 radical (unpaired) electrons. The zero-order valence-electron chi connectivity index (χ0n) is 9.92. The molecule has 1 N–H and O–H groups in total. The summed E-state index contributed by atoms with van der Waals surface area (Å²) >= 11 is 0. The lowest BCUT2D eigenvalue weighted by Gasteiger charge is -2.28. The van der Waals surface area contributed by atoms with E-state index in [1.54, 1.807) is 7.05 Å². The summed E-state index contributed by atoms with van der Waals surface area (Å²) in [4.78, 5) is 11.1. The van der Waals surface area contributed by atoms with Crippen molar-refractivity contribution in [1.29, 1.82) is 0 Å². The molecule has 0 bridgehead atoms. The van der Waals surface area contributed by atoms with Crippen molar-refractivity contribution in [1.82, 2.24) is 5.32 Å². The molecule has 3 heteroatoms. The average Bonchev–Trinajstić information content (AvgIpc) is 2.26. The van der Waals surface area contributed by atoms with Crippen LogP contribution in [0.4, 0.5) is 4.79 Å². The average molecular weight is 213 g/mol. The number of nitrogens with one attached hydrogen (secondary N) is 1. The summed E-state index contributed by atoms with van der Waals surface area (Å²) in [6.07, 6.45) is 8.35. The van der Waals surface area contributed by atoms with E-state index in [2.05, 4.69) is 12.2 Å². The number of alkyl carbamates (subject to hydrolysis) is 1. The van der Waals surface area contributed by atoms with Crippen molar-refractivity contribution in [3.05, 3.63) is 0 Å². The van der Waals surface area contributed by atoms with Crippen molar-refractivity contribution in [2.75, 3.05) is 7.05 Å². The Bertz CT molecular complexity index is 194. The third-order valence-electron chi connectivity index (χ3n) is 3.18. The van der Waals surface area contributed by atoms with Gasteiger partial charge in [-0.15, -0.1) is 0 Å². The van der Waals surface area contributed by atoms with Gasteiger partial charge in [0.05, 0.1) is 0 Å². The first-order valence-electron chi connectivity index (χ1n) is 6.14. The second kappa shape index (κ2) is 6.70. The Morgan fingerprint density at radius 1 is 1.47 bits per heavy atom. The van der Waals surface area contributed by atoms with Gasteiger partial charge in [-0.05, 0) is 25.2 Å². The number of hydrogen-bond acceptors (Lipinski definition) is 2. The predicted molar refractivity (Wildman–Crippen MR) is 60.8 cm³/mol. The first kappa shape index (κ1) is 12.3. The maximum atomic E-state index is 11.1. The van der Waals surface area contributed by atoms with Gasteiger partial charge in [0.2, 0.25) is 0 Å². The Labute approximate surface area is 92.6 Å². The fraction of sp³-hybridized carbons (Fsp3) is 0.917. The summed E-state index contributed by atoms with van der Waals surface area (Å²) in [7, 11) is 1.61. The maximum Gasteiger partial charge on any atom is 0.407 e. The van der Waals surface area contributed by atoms with E-state index < -0.39 is 0 Å². The minimum atomic E-state index is -0.281. The van der Waals surface area contributed by atoms with Crippen LogP contribution in [0.3, 0.4) is 0 Å². The third-order valence-corrected chi connectivity index (χ3v) is 3.18. The largest absolute Gasteiger partial charge is 0.446 e. The Hall–Kier alpha value is -0.730. The summed E-state index contributed by atoms with van der Waals surface area (Å²) in [5.74, 6) is 0.772. The summed E-state index contributed by atoms with van der Waals surface area (Å²) in [5, 5.41) is 2.51. The summed E-state index contributed by atoms with van der Waals surface area (Å²) in [6, 6.07) is 0. The lowest BCUT2D eigenvalue weighted by atomic mass is 9.84. The predicted octanol–water partition coefficient (Wildman–Crippen LogP) is 3.09. The molecule has 0 spiro atoms. The van der Waals surface area contributed by atoms with E-state index >= 15 is 0 Å². The number of amides is 1. The molecule has 0 saturated heterocycles. The number of hydrogen-bond donors (Lipinski definition) is 1. The number of unbranched alkanes of at least 4 members (excludes halogenated alkanes) is 1. The van der Waals surface area contributed by atoms with E-state index in [0.717, 1.165) is 18.8 Å². The van der Waals surface area contributed by atoms with Gasteiger partial charge in [0.25, 0.3) is 0 Å². The zero-order chi connectivity index (χ0) is 11.1. The molecule has 1 unspecified atom stereocenters. The highest BCUT2D eigenvalue weighted by Crippen LogP contribution is 2.29. The van der Waals surface area contributed by atoms with E-state index in [4.69, 9.17) is 4.74 Å². The van der Waals surface area contributed by atoms with Crippen molar-refractivity contribution in [3.63, 3.8) is 0 Å². The second-order valence-corrected chi connectivity index (χ2v) is 4.45. The molecular weight excluding hydrogens is 190 g/mol. The van der Waals surface area contributed by atoms with Crippen molar-refractivity contribution < 1.29 is 9.53 Å². The van der Waals surface area contributed by atoms with Crippen molar-refractivity contribution >= 4 is 6.09 Å². The molecular formula is C12H23NO2. The minimum absolute atomic E-state index is 0.153. The molecule has 0 aromatic rings. The number of carbonyl (C=O) groups is 1. The van der Waals surface area contributed by atoms with Gasteiger partial charge in [-0.25, -0.2) is 4.79 Å². The van der Waals surface area contributed by atoms with Crippen LogP contribution in [-0.4, -0.2) is 19.2 Å². The van der Waals surface area contributed by atoms with Crippen LogP contribution in [0.25, 0.3) is 0 Å². The normalized spacial score (nSPS) is 26.0. The van der Waals surface area contributed by atoms with Crippen LogP contribution in [0.2, 0.25) is 0 Å². The Morgan fingerprint density at radius 2 is 2.27 bits per heavy atom. The zero-order valence-corrected chi connectivity index (χ0v) is 9.92. The molecule has 0 aromatic carbocycles. The minimum Gasteiger partial charge on any atom is -0.446 e. The van der Waals surface area contributed by atoms with Crippen molar-refractivity contribution in [3.8, 4) is 0 Å². The lowest BCUT2D eigenvalue weighted by Crippen LogP contribution is -2.30. The Kier molecular flexibility index (Phi) is 5.51. The number of rotatable bonds is 4. The lowest BCUT2D eigenvalue weighted by molar-refractivity contribution is 0.0590. The smallest absolute Gasteiger partial charge is 0.407 e. The molecule has 1 rings (SSSR count). The SMILES string of the molecule is CCCC[C@H]1CCCC(OC(=O)NC)C1. The molecule has 1 saturated carbocycles. The van der Waals surface area contributed by atoms with Crippen molar-refractivity contribution in [2.45, 2.75) is 58.0 Å². The Balaban J connectivity index is 2.25. The highest BCUT2D eigenvalue weighted by molar-refractivity contribution is 5.66. The molecule has 15 heavy (non-hydrogen) atoms. The van der Waals surface area contributed by atoms with Crippen LogP contribution in [0.15, 0.2) is 0 Å². The molecule has 1 amide bonds. The van der Waals surface area contributed by atoms with E-state index in [-0.39, 0.29) is 12.2 Å². The highest BCUT2D eigenvalue weighted by atomic mass is 16.6. The summed E-state index contributed by atoms with van der Waals surface area (Å²) in [6.45, 7) is 2.22. The fourth-order valence-corrected chi connectivity index (χ4v) is 2.31. The fourth-order valence-electron chi connectivity index (χ4n) is 2.31. The number of ether oxygens (including phenoxy) is 1. The van der Waals surface area contributed by atoms with E-state index in [1.807, 2.05) is 0 Å². The van der Waals surface area contributed by atoms with Crippen LogP contribution in [0.5, 0.6) is 0 Å². The molecule has 0 aliphatic heterocycles. The number of carbonyl (C=O) groups excluding carboxylic acids is 1. The molecule has 88 valence electrons. The van der Waals surface area contributed by atoms with E-state index in [9.17, 15) is 4.79 Å². The summed E-state index contributed by atoms with van der Waals surface area (Å²) < 4.78 is 5.30. The van der Waals surface area contributed by atoms with Gasteiger partial charge >= 0.3 is 6.09 Å². The molecule has 1 fully saturated rings. The van der Waals surface area contributed by atoms with Gasteiger partial charge in [-0.2, -0.15) is 0 Å². The van der Waals surface area contributed by atoms with Crippen molar-refractivity contribution in [2.24, 2.45) is 5.92 Å². The monoisotopic (exact) mass is 213 g/mol. The Morgan fingerprint density at radius 3 is 2.93 bits per heavy atom. The molecule has 2 atom stereocenters. The quantitative estimate of drug-likeness (QED) is 0.779. The van der Waals surface area contributed by atoms with Gasteiger partial charge in [-0.3, -0.25) is 0 Å². The topological polar surface area (TPSA) is 38.3 Å². The molecule has 0 heterocycles. The van der Waals surface area contributed by atoms with Gasteiger partial charge in [0, 0.05) is 7.05 Å². The van der Waals surface area contributed by atoms with Gasteiger partial charge in [-0.1, -0.05) is 32.6 Å². The second-order valence-electron chi connectivity index (χ2n) is 4.45. The van der Waals surface area contributed by atoms with Gasteiger partial charge < -0.3 is 10.1 Å². The van der Waals surface area contributed by atoms with Crippen LogP contribution < -0.4 is 5.32 Å². The van der Waals surface area contributed by atoms with E-state index in [1.165, 1.54) is 32.1 Å². The summed E-state index contributed by atoms with van der Waals surface area (Å²) in [5.41, 5.74) is 0. The third kappa shape index (κ3) is 4.54. The molecule has 3 nitrogen and oxygen atoms in total. The van der Waals surface area contributed by atoms with Crippen LogP contribution in [0, 0.1) is 5.92 Å². The van der Waals surface area contributed by atoms with Gasteiger partial charge in [0.1, 0.15) is 6.10 Å². The molecule has 1 aliphatic rings. The maximum absolute atomic E-state index is 11.1.